The monoisotopic (exact) mass is 367 g/mol. The predicted octanol–water partition coefficient (Wildman–Crippen LogP) is 3.42. The number of para-hydroxylation sites is 1. The first-order chi connectivity index (χ1) is 13.2. The molecular formula is C20H21N3O4. The van der Waals surface area contributed by atoms with Gasteiger partial charge in [0, 0.05) is 19.0 Å². The van der Waals surface area contributed by atoms with E-state index in [-0.39, 0.29) is 18.4 Å². The lowest BCUT2D eigenvalue weighted by Crippen LogP contribution is -2.40. The molecule has 27 heavy (non-hydrogen) atoms. The zero-order valence-corrected chi connectivity index (χ0v) is 15.1. The summed E-state index contributed by atoms with van der Waals surface area (Å²) in [5, 5.41) is 8.25. The number of amides is 1. The fourth-order valence-corrected chi connectivity index (χ4v) is 3.23. The highest BCUT2D eigenvalue weighted by molar-refractivity contribution is 5.78. The van der Waals surface area contributed by atoms with E-state index in [0.717, 1.165) is 29.7 Å². The molecule has 3 aromatic rings. The van der Waals surface area contributed by atoms with Crippen LogP contribution < -0.4 is 4.74 Å². The highest BCUT2D eigenvalue weighted by atomic mass is 16.5. The van der Waals surface area contributed by atoms with Crippen LogP contribution in [0.25, 0.3) is 11.5 Å². The maximum atomic E-state index is 12.4. The lowest BCUT2D eigenvalue weighted by atomic mass is 9.97. The number of hydrogen-bond donors (Lipinski definition) is 0. The molecule has 4 rings (SSSR count). The van der Waals surface area contributed by atoms with E-state index in [9.17, 15) is 4.79 Å². The maximum absolute atomic E-state index is 12.4. The third kappa shape index (κ3) is 3.86. The second kappa shape index (κ2) is 7.65. The molecule has 0 saturated carbocycles. The van der Waals surface area contributed by atoms with Gasteiger partial charge in [-0.1, -0.05) is 18.2 Å². The topological polar surface area (TPSA) is 81.6 Å². The van der Waals surface area contributed by atoms with E-state index in [4.69, 9.17) is 13.6 Å². The van der Waals surface area contributed by atoms with Crippen molar-refractivity contribution in [2.75, 3.05) is 19.7 Å². The second-order valence-corrected chi connectivity index (χ2v) is 6.67. The minimum atomic E-state index is 0.00122. The lowest BCUT2D eigenvalue weighted by Gasteiger charge is -2.30. The Kier molecular flexibility index (Phi) is 4.91. The highest BCUT2D eigenvalue weighted by Crippen LogP contribution is 2.29. The van der Waals surface area contributed by atoms with Gasteiger partial charge in [0.1, 0.15) is 12.0 Å². The van der Waals surface area contributed by atoms with E-state index >= 15 is 0 Å². The minimum absolute atomic E-state index is 0.00122. The van der Waals surface area contributed by atoms with E-state index in [1.165, 1.54) is 0 Å². The molecule has 0 spiro atoms. The number of carbonyl (C=O) groups is 1. The summed E-state index contributed by atoms with van der Waals surface area (Å²) in [4.78, 5) is 14.3. The minimum Gasteiger partial charge on any atom is -0.484 e. The number of furan rings is 1. The Hall–Kier alpha value is -3.09. The van der Waals surface area contributed by atoms with E-state index < -0.39 is 0 Å². The number of aryl methyl sites for hydroxylation is 1. The second-order valence-electron chi connectivity index (χ2n) is 6.67. The number of aromatic nitrogens is 2. The van der Waals surface area contributed by atoms with Gasteiger partial charge in [0.15, 0.2) is 6.61 Å². The van der Waals surface area contributed by atoms with Gasteiger partial charge < -0.3 is 18.5 Å². The van der Waals surface area contributed by atoms with Gasteiger partial charge in [-0.05, 0) is 37.5 Å². The van der Waals surface area contributed by atoms with Crippen LogP contribution in [-0.4, -0.2) is 40.7 Å². The van der Waals surface area contributed by atoms with Crippen molar-refractivity contribution in [3.8, 4) is 17.2 Å². The van der Waals surface area contributed by atoms with Crippen molar-refractivity contribution in [2.24, 2.45) is 0 Å². The Labute approximate surface area is 156 Å². The first-order valence-electron chi connectivity index (χ1n) is 9.03. The zero-order chi connectivity index (χ0) is 18.6. The Balaban J connectivity index is 1.30. The molecule has 1 amide bonds. The molecule has 0 radical (unpaired) electrons. The quantitative estimate of drug-likeness (QED) is 0.687. The summed E-state index contributed by atoms with van der Waals surface area (Å²) < 4.78 is 16.5. The third-order valence-electron chi connectivity index (χ3n) is 4.85. The van der Waals surface area contributed by atoms with Crippen molar-refractivity contribution in [3.63, 3.8) is 0 Å². The molecule has 1 saturated heterocycles. The summed E-state index contributed by atoms with van der Waals surface area (Å²) in [5.41, 5.74) is 1.79. The van der Waals surface area contributed by atoms with Crippen molar-refractivity contribution >= 4 is 5.91 Å². The summed E-state index contributed by atoms with van der Waals surface area (Å²) in [7, 11) is 0. The number of carbonyl (C=O) groups excluding carboxylic acids is 1. The van der Waals surface area contributed by atoms with Crippen LogP contribution >= 0.6 is 0 Å². The third-order valence-corrected chi connectivity index (χ3v) is 4.85. The normalized spacial score (nSPS) is 15.1. The van der Waals surface area contributed by atoms with Crippen LogP contribution in [-0.2, 0) is 4.79 Å². The van der Waals surface area contributed by atoms with Gasteiger partial charge in [0.2, 0.25) is 5.89 Å². The number of rotatable bonds is 5. The van der Waals surface area contributed by atoms with Crippen molar-refractivity contribution < 1.29 is 18.4 Å². The average Bonchev–Trinajstić information content (AvgIpc) is 3.39. The SMILES string of the molecule is Cc1ccccc1OCC(=O)N1CCC(c2nnc(-c3ccoc3)o2)CC1. The number of nitrogens with zero attached hydrogens (tertiary/aromatic N) is 3. The van der Waals surface area contributed by atoms with Crippen LogP contribution in [0.4, 0.5) is 0 Å². The number of piperidine rings is 1. The Morgan fingerprint density at radius 2 is 2.04 bits per heavy atom. The van der Waals surface area contributed by atoms with E-state index in [0.29, 0.717) is 24.9 Å². The molecule has 0 atom stereocenters. The molecule has 0 N–H and O–H groups in total. The molecule has 0 bridgehead atoms. The highest BCUT2D eigenvalue weighted by Gasteiger charge is 2.27. The van der Waals surface area contributed by atoms with Crippen LogP contribution in [0, 0.1) is 6.92 Å². The molecule has 0 aliphatic carbocycles. The Morgan fingerprint density at radius 3 is 2.78 bits per heavy atom. The van der Waals surface area contributed by atoms with E-state index in [1.807, 2.05) is 36.1 Å². The summed E-state index contributed by atoms with van der Waals surface area (Å²) in [5.74, 6) is 2.00. The summed E-state index contributed by atoms with van der Waals surface area (Å²) in [6.07, 6.45) is 4.74. The molecule has 7 heteroatoms. The van der Waals surface area contributed by atoms with E-state index in [2.05, 4.69) is 10.2 Å². The predicted molar refractivity (Wildman–Crippen MR) is 97.2 cm³/mol. The average molecular weight is 367 g/mol. The van der Waals surface area contributed by atoms with Crippen molar-refractivity contribution in [1.82, 2.24) is 15.1 Å². The smallest absolute Gasteiger partial charge is 0.260 e. The molecule has 1 aliphatic heterocycles. The van der Waals surface area contributed by atoms with Crippen molar-refractivity contribution in [1.29, 1.82) is 0 Å². The molecule has 1 fully saturated rings. The zero-order valence-electron chi connectivity index (χ0n) is 15.1. The van der Waals surface area contributed by atoms with Gasteiger partial charge in [-0.25, -0.2) is 0 Å². The Morgan fingerprint density at radius 1 is 1.22 bits per heavy atom. The molecular weight excluding hydrogens is 346 g/mol. The number of ether oxygens (including phenoxy) is 1. The summed E-state index contributed by atoms with van der Waals surface area (Å²) in [6.45, 7) is 3.34. The molecule has 140 valence electrons. The largest absolute Gasteiger partial charge is 0.484 e. The van der Waals surface area contributed by atoms with Crippen LogP contribution in [0.2, 0.25) is 0 Å². The van der Waals surface area contributed by atoms with Crippen LogP contribution in [0.15, 0.2) is 51.7 Å². The van der Waals surface area contributed by atoms with Gasteiger partial charge in [0.25, 0.3) is 11.8 Å². The maximum Gasteiger partial charge on any atom is 0.260 e. The van der Waals surface area contributed by atoms with Crippen LogP contribution in [0.5, 0.6) is 5.75 Å². The van der Waals surface area contributed by atoms with Crippen LogP contribution in [0.1, 0.15) is 30.2 Å². The van der Waals surface area contributed by atoms with Crippen LogP contribution in [0.3, 0.4) is 0 Å². The first-order valence-corrected chi connectivity index (χ1v) is 9.03. The van der Waals surface area contributed by atoms with Crippen molar-refractivity contribution in [2.45, 2.75) is 25.7 Å². The van der Waals surface area contributed by atoms with Gasteiger partial charge >= 0.3 is 0 Å². The van der Waals surface area contributed by atoms with E-state index in [1.54, 1.807) is 18.6 Å². The molecule has 7 nitrogen and oxygen atoms in total. The fraction of sp³-hybridized carbons (Fsp3) is 0.350. The standard InChI is InChI=1S/C20H21N3O4/c1-14-4-2-3-5-17(14)26-13-18(24)23-9-6-15(7-10-23)19-21-22-20(27-19)16-8-11-25-12-16/h2-5,8,11-12,15H,6-7,9-10,13H2,1H3. The lowest BCUT2D eigenvalue weighted by molar-refractivity contribution is -0.134. The summed E-state index contributed by atoms with van der Waals surface area (Å²) in [6, 6.07) is 9.48. The molecule has 0 unspecified atom stereocenters. The molecule has 2 aromatic heterocycles. The first kappa shape index (κ1) is 17.3. The molecule has 1 aliphatic rings. The van der Waals surface area contributed by atoms with Gasteiger partial charge in [-0.3, -0.25) is 4.79 Å². The van der Waals surface area contributed by atoms with Gasteiger partial charge in [0.05, 0.1) is 11.8 Å². The summed E-state index contributed by atoms with van der Waals surface area (Å²) >= 11 is 0. The fourth-order valence-electron chi connectivity index (χ4n) is 3.23. The van der Waals surface area contributed by atoms with Crippen molar-refractivity contribution in [3.05, 3.63) is 54.3 Å². The Bertz CT molecular complexity index is 896. The van der Waals surface area contributed by atoms with Gasteiger partial charge in [-0.15, -0.1) is 10.2 Å². The number of benzene rings is 1. The number of hydrogen-bond acceptors (Lipinski definition) is 6. The number of likely N-dealkylation sites (tertiary alicyclic amines) is 1. The molecule has 1 aromatic carbocycles. The molecule has 3 heterocycles. The van der Waals surface area contributed by atoms with Gasteiger partial charge in [-0.2, -0.15) is 0 Å².